The average Bonchev–Trinajstić information content (AvgIpc) is 2.75. The highest BCUT2D eigenvalue weighted by molar-refractivity contribution is 7.93. The van der Waals surface area contributed by atoms with Gasteiger partial charge in [-0.1, -0.05) is 0 Å². The fraction of sp³-hybridized carbons (Fsp3) is 0.182. The van der Waals surface area contributed by atoms with Crippen molar-refractivity contribution in [2.45, 2.75) is 18.7 Å². The molecule has 0 aliphatic carbocycles. The first-order valence-corrected chi connectivity index (χ1v) is 7.55. The number of nitrogen functional groups attached to an aromatic ring is 1. The van der Waals surface area contributed by atoms with Crippen LogP contribution in [-0.2, 0) is 10.0 Å². The van der Waals surface area contributed by atoms with Crippen molar-refractivity contribution in [1.29, 1.82) is 0 Å². The van der Waals surface area contributed by atoms with Gasteiger partial charge >= 0.3 is 0 Å². The molecule has 1 aromatic heterocycles. The molecule has 3 N–H and O–H groups in total. The number of hydrogen-bond donors (Lipinski definition) is 2. The van der Waals surface area contributed by atoms with Gasteiger partial charge in [-0.05, 0) is 37.1 Å². The van der Waals surface area contributed by atoms with E-state index < -0.39 is 10.0 Å². The summed E-state index contributed by atoms with van der Waals surface area (Å²) in [4.78, 5) is 4.09. The Balaban J connectivity index is 2.48. The van der Waals surface area contributed by atoms with Crippen LogP contribution in [0.5, 0.6) is 0 Å². The molecule has 18 heavy (non-hydrogen) atoms. The Morgan fingerprint density at radius 1 is 1.33 bits per heavy atom. The smallest absolute Gasteiger partial charge is 0.264 e. The zero-order chi connectivity index (χ0) is 13.3. The molecule has 2 aromatic rings. The van der Waals surface area contributed by atoms with Gasteiger partial charge in [0.25, 0.3) is 10.0 Å². The van der Waals surface area contributed by atoms with Crippen LogP contribution < -0.4 is 10.5 Å². The van der Waals surface area contributed by atoms with E-state index in [0.717, 1.165) is 5.56 Å². The minimum Gasteiger partial charge on any atom is -0.399 e. The molecule has 0 saturated carbocycles. The minimum absolute atomic E-state index is 0.190. The predicted molar refractivity (Wildman–Crippen MR) is 73.3 cm³/mol. The third-order valence-corrected chi connectivity index (χ3v) is 4.87. The van der Waals surface area contributed by atoms with E-state index in [1.165, 1.54) is 17.4 Å². The predicted octanol–water partition coefficient (Wildman–Crippen LogP) is 2.14. The fourth-order valence-corrected chi connectivity index (χ4v) is 3.72. The molecule has 0 spiro atoms. The van der Waals surface area contributed by atoms with Gasteiger partial charge in [-0.15, -0.1) is 11.3 Å². The van der Waals surface area contributed by atoms with Gasteiger partial charge < -0.3 is 5.73 Å². The number of nitrogens with two attached hydrogens (primary N) is 1. The Morgan fingerprint density at radius 2 is 2.06 bits per heavy atom. The largest absolute Gasteiger partial charge is 0.399 e. The first-order valence-electron chi connectivity index (χ1n) is 5.19. The maximum atomic E-state index is 12.2. The molecule has 96 valence electrons. The fourth-order valence-electron chi connectivity index (χ4n) is 1.58. The van der Waals surface area contributed by atoms with Crippen LogP contribution in [0.1, 0.15) is 11.1 Å². The number of sulfonamides is 1. The van der Waals surface area contributed by atoms with Gasteiger partial charge in [0.2, 0.25) is 0 Å². The van der Waals surface area contributed by atoms with Gasteiger partial charge in [-0.3, -0.25) is 4.72 Å². The summed E-state index contributed by atoms with van der Waals surface area (Å²) in [5, 5.41) is 2.05. The molecule has 1 heterocycles. The zero-order valence-corrected chi connectivity index (χ0v) is 11.6. The topological polar surface area (TPSA) is 85.1 Å². The first-order chi connectivity index (χ1) is 8.40. The Labute approximate surface area is 110 Å². The van der Waals surface area contributed by atoms with E-state index in [9.17, 15) is 8.42 Å². The molecule has 7 heteroatoms. The highest BCUT2D eigenvalue weighted by atomic mass is 32.2. The number of aromatic nitrogens is 1. The standard InChI is InChI=1S/C11H13N3O2S2/c1-7-5-9(12)6-10(8(7)2)18(15,16)14-11-13-3-4-17-11/h3-6H,12H2,1-2H3,(H,13,14). The van der Waals surface area contributed by atoms with Crippen LogP contribution in [0.15, 0.2) is 28.6 Å². The maximum Gasteiger partial charge on any atom is 0.264 e. The number of aryl methyl sites for hydroxylation is 1. The molecule has 1 aromatic carbocycles. The molecule has 5 nitrogen and oxygen atoms in total. The van der Waals surface area contributed by atoms with Gasteiger partial charge in [0.15, 0.2) is 5.13 Å². The highest BCUT2D eigenvalue weighted by Gasteiger charge is 2.19. The van der Waals surface area contributed by atoms with Crippen molar-refractivity contribution >= 4 is 32.2 Å². The third-order valence-electron chi connectivity index (χ3n) is 2.59. The van der Waals surface area contributed by atoms with E-state index in [-0.39, 0.29) is 4.90 Å². The molecule has 0 unspecified atom stereocenters. The molecule has 0 fully saturated rings. The Hall–Kier alpha value is -1.60. The molecule has 0 aliphatic heterocycles. The van der Waals surface area contributed by atoms with Gasteiger partial charge in [0.1, 0.15) is 0 Å². The van der Waals surface area contributed by atoms with Crippen molar-refractivity contribution in [1.82, 2.24) is 4.98 Å². The summed E-state index contributed by atoms with van der Waals surface area (Å²) >= 11 is 1.23. The van der Waals surface area contributed by atoms with Crippen molar-refractivity contribution in [3.8, 4) is 0 Å². The summed E-state index contributed by atoms with van der Waals surface area (Å²) in [6.07, 6.45) is 1.54. The van der Waals surface area contributed by atoms with Crippen LogP contribution in [0.2, 0.25) is 0 Å². The summed E-state index contributed by atoms with van der Waals surface area (Å²) in [6.45, 7) is 3.58. The van der Waals surface area contributed by atoms with Crippen molar-refractivity contribution in [3.05, 3.63) is 34.8 Å². The van der Waals surface area contributed by atoms with E-state index in [4.69, 9.17) is 5.73 Å². The molecule has 2 rings (SSSR count). The second-order valence-electron chi connectivity index (χ2n) is 3.90. The van der Waals surface area contributed by atoms with Gasteiger partial charge in [-0.2, -0.15) is 0 Å². The summed E-state index contributed by atoms with van der Waals surface area (Å²) < 4.78 is 26.9. The van der Waals surface area contributed by atoms with Crippen LogP contribution in [0, 0.1) is 13.8 Å². The SMILES string of the molecule is Cc1cc(N)cc(S(=O)(=O)Nc2nccs2)c1C. The van der Waals surface area contributed by atoms with Crippen LogP contribution in [-0.4, -0.2) is 13.4 Å². The zero-order valence-electron chi connectivity index (χ0n) is 9.97. The van der Waals surface area contributed by atoms with Crippen LogP contribution >= 0.6 is 11.3 Å². The van der Waals surface area contributed by atoms with E-state index in [0.29, 0.717) is 16.4 Å². The lowest BCUT2D eigenvalue weighted by molar-refractivity contribution is 0.600. The molecular formula is C11H13N3O2S2. The Bertz CT molecular complexity index is 664. The van der Waals surface area contributed by atoms with Gasteiger partial charge in [0, 0.05) is 17.3 Å². The van der Waals surface area contributed by atoms with E-state index in [2.05, 4.69) is 9.71 Å². The van der Waals surface area contributed by atoms with Crippen molar-refractivity contribution < 1.29 is 8.42 Å². The summed E-state index contributed by atoms with van der Waals surface area (Å²) in [5.41, 5.74) is 7.65. The summed E-state index contributed by atoms with van der Waals surface area (Å²) in [6, 6.07) is 3.20. The molecule has 0 aliphatic rings. The quantitative estimate of drug-likeness (QED) is 0.845. The van der Waals surface area contributed by atoms with Gasteiger partial charge in [0.05, 0.1) is 4.90 Å². The molecular weight excluding hydrogens is 270 g/mol. The molecule has 0 radical (unpaired) electrons. The molecule has 0 atom stereocenters. The second-order valence-corrected chi connectivity index (χ2v) is 6.45. The summed E-state index contributed by atoms with van der Waals surface area (Å²) in [5.74, 6) is 0. The first kappa shape index (κ1) is 12.8. The molecule has 0 bridgehead atoms. The monoisotopic (exact) mass is 283 g/mol. The van der Waals surface area contributed by atoms with Crippen LogP contribution in [0.4, 0.5) is 10.8 Å². The number of hydrogen-bond acceptors (Lipinski definition) is 5. The normalized spacial score (nSPS) is 11.4. The molecule has 0 amide bonds. The van der Waals surface area contributed by atoms with E-state index >= 15 is 0 Å². The van der Waals surface area contributed by atoms with E-state index in [1.54, 1.807) is 24.6 Å². The Morgan fingerprint density at radius 3 is 2.67 bits per heavy atom. The number of nitrogens with zero attached hydrogens (tertiary/aromatic N) is 1. The number of thiazole rings is 1. The third kappa shape index (κ3) is 2.46. The van der Waals surface area contributed by atoms with E-state index in [1.807, 2.05) is 6.92 Å². The lowest BCUT2D eigenvalue weighted by Crippen LogP contribution is -2.15. The molecule has 0 saturated heterocycles. The van der Waals surface area contributed by atoms with Crippen molar-refractivity contribution in [2.75, 3.05) is 10.5 Å². The average molecular weight is 283 g/mol. The maximum absolute atomic E-state index is 12.2. The Kier molecular flexibility index (Phi) is 3.27. The number of nitrogens with one attached hydrogen (secondary N) is 1. The van der Waals surface area contributed by atoms with Gasteiger partial charge in [-0.25, -0.2) is 13.4 Å². The second kappa shape index (κ2) is 4.58. The lowest BCUT2D eigenvalue weighted by atomic mass is 10.1. The van der Waals surface area contributed by atoms with Crippen molar-refractivity contribution in [3.63, 3.8) is 0 Å². The van der Waals surface area contributed by atoms with Crippen molar-refractivity contribution in [2.24, 2.45) is 0 Å². The van der Waals surface area contributed by atoms with Crippen LogP contribution in [0.25, 0.3) is 0 Å². The number of anilines is 2. The number of benzene rings is 1. The summed E-state index contributed by atoms with van der Waals surface area (Å²) in [7, 11) is -3.64. The lowest BCUT2D eigenvalue weighted by Gasteiger charge is -2.11. The number of rotatable bonds is 3. The van der Waals surface area contributed by atoms with Crippen LogP contribution in [0.3, 0.4) is 0 Å². The highest BCUT2D eigenvalue weighted by Crippen LogP contribution is 2.25. The minimum atomic E-state index is -3.64.